The highest BCUT2D eigenvalue weighted by atomic mass is 19.4. The predicted molar refractivity (Wildman–Crippen MR) is 67.1 cm³/mol. The van der Waals surface area contributed by atoms with Gasteiger partial charge in [0.2, 0.25) is 0 Å². The Morgan fingerprint density at radius 2 is 2.05 bits per heavy atom. The normalized spacial score (nSPS) is 11.5. The van der Waals surface area contributed by atoms with Crippen molar-refractivity contribution in [2.75, 3.05) is 0 Å². The molecule has 0 saturated heterocycles. The highest BCUT2D eigenvalue weighted by Crippen LogP contribution is 2.37. The van der Waals surface area contributed by atoms with Gasteiger partial charge in [0.25, 0.3) is 0 Å². The van der Waals surface area contributed by atoms with Crippen LogP contribution in [-0.4, -0.2) is 11.4 Å². The monoisotopic (exact) mass is 299 g/mol. The molecule has 0 aliphatic rings. The van der Waals surface area contributed by atoms with Gasteiger partial charge < -0.3 is 9.26 Å². The minimum atomic E-state index is -4.60. The molecule has 0 spiro atoms. The third kappa shape index (κ3) is 3.24. The van der Waals surface area contributed by atoms with Crippen molar-refractivity contribution in [3.05, 3.63) is 46.3 Å². The van der Waals surface area contributed by atoms with Crippen LogP contribution >= 0.6 is 0 Å². The summed E-state index contributed by atoms with van der Waals surface area (Å²) in [6, 6.07) is 3.16. The number of ether oxygens (including phenoxy) is 1. The molecular weight excluding hydrogens is 287 g/mol. The molecule has 1 heterocycles. The first kappa shape index (κ1) is 15.1. The number of alkyl halides is 3. The number of carbonyl (C=O) groups excluding carboxylic acids is 1. The molecule has 0 atom stereocenters. The zero-order valence-electron chi connectivity index (χ0n) is 11.3. The molecule has 2 aromatic rings. The van der Waals surface area contributed by atoms with E-state index in [1.807, 2.05) is 0 Å². The summed E-state index contributed by atoms with van der Waals surface area (Å²) in [5.74, 6) is 0.152. The van der Waals surface area contributed by atoms with Gasteiger partial charge in [0.15, 0.2) is 0 Å². The number of rotatable bonds is 4. The molecular formula is C14H12F3NO3. The van der Waals surface area contributed by atoms with Crippen LogP contribution in [0.2, 0.25) is 0 Å². The van der Waals surface area contributed by atoms with Crippen molar-refractivity contribution >= 4 is 6.29 Å². The largest absolute Gasteiger partial charge is 0.488 e. The topological polar surface area (TPSA) is 52.3 Å². The Bertz CT molecular complexity index is 642. The predicted octanol–water partition coefficient (Wildman–Crippen LogP) is 3.70. The summed E-state index contributed by atoms with van der Waals surface area (Å²) < 4.78 is 49.0. The maximum Gasteiger partial charge on any atom is 0.419 e. The molecule has 2 rings (SSSR count). The van der Waals surface area contributed by atoms with Crippen LogP contribution in [0.3, 0.4) is 0 Å². The molecule has 1 aromatic carbocycles. The molecule has 0 radical (unpaired) electrons. The second-order valence-corrected chi connectivity index (χ2v) is 4.46. The summed E-state index contributed by atoms with van der Waals surface area (Å²) >= 11 is 0. The maximum absolute atomic E-state index is 13.0. The Morgan fingerprint density at radius 1 is 1.33 bits per heavy atom. The molecule has 0 saturated carbocycles. The number of aldehydes is 1. The first-order valence-electron chi connectivity index (χ1n) is 6.04. The summed E-state index contributed by atoms with van der Waals surface area (Å²) in [6.45, 7) is 3.24. The Kier molecular flexibility index (Phi) is 4.02. The van der Waals surface area contributed by atoms with Crippen LogP contribution in [0.25, 0.3) is 0 Å². The fourth-order valence-electron chi connectivity index (χ4n) is 1.83. The fourth-order valence-corrected chi connectivity index (χ4v) is 1.83. The van der Waals surface area contributed by atoms with Gasteiger partial charge >= 0.3 is 6.18 Å². The van der Waals surface area contributed by atoms with Crippen molar-refractivity contribution in [2.24, 2.45) is 0 Å². The van der Waals surface area contributed by atoms with Gasteiger partial charge in [0, 0.05) is 5.56 Å². The first-order chi connectivity index (χ1) is 9.82. The lowest BCUT2D eigenvalue weighted by atomic mass is 10.1. The molecule has 112 valence electrons. The lowest BCUT2D eigenvalue weighted by molar-refractivity contribution is -0.139. The molecule has 0 unspecified atom stereocenters. The summed E-state index contributed by atoms with van der Waals surface area (Å²) in [5.41, 5.74) is 0.110. The van der Waals surface area contributed by atoms with Crippen molar-refractivity contribution in [1.29, 1.82) is 0 Å². The van der Waals surface area contributed by atoms with Gasteiger partial charge in [0.1, 0.15) is 24.4 Å². The Morgan fingerprint density at radius 3 is 2.57 bits per heavy atom. The lowest BCUT2D eigenvalue weighted by Gasteiger charge is -2.14. The standard InChI is InChI=1S/C14H12F3NO3/c1-8-11(9(2)21-18-8)7-20-13-4-3-10(6-19)5-12(13)14(15,16)17/h3-6H,7H2,1-2H3. The van der Waals surface area contributed by atoms with Gasteiger partial charge in [-0.1, -0.05) is 5.16 Å². The average Bonchev–Trinajstić information content (AvgIpc) is 2.74. The molecule has 0 fully saturated rings. The van der Waals surface area contributed by atoms with Gasteiger partial charge in [-0.3, -0.25) is 4.79 Å². The van der Waals surface area contributed by atoms with E-state index in [0.717, 1.165) is 12.1 Å². The Labute approximate surface area is 118 Å². The summed E-state index contributed by atoms with van der Waals surface area (Å²) in [6.07, 6.45) is -4.25. The Hall–Kier alpha value is -2.31. The molecule has 4 nitrogen and oxygen atoms in total. The lowest BCUT2D eigenvalue weighted by Crippen LogP contribution is -2.10. The molecule has 0 N–H and O–H groups in total. The quantitative estimate of drug-likeness (QED) is 0.808. The zero-order chi connectivity index (χ0) is 15.6. The molecule has 0 amide bonds. The number of aryl methyl sites for hydroxylation is 2. The minimum Gasteiger partial charge on any atom is -0.488 e. The van der Waals surface area contributed by atoms with E-state index in [0.29, 0.717) is 23.3 Å². The Balaban J connectivity index is 2.30. The number of hydrogen-bond acceptors (Lipinski definition) is 4. The van der Waals surface area contributed by atoms with Crippen LogP contribution in [0.4, 0.5) is 13.2 Å². The van der Waals surface area contributed by atoms with Crippen molar-refractivity contribution < 1.29 is 27.2 Å². The van der Waals surface area contributed by atoms with E-state index >= 15 is 0 Å². The number of benzene rings is 1. The third-order valence-electron chi connectivity index (χ3n) is 3.00. The van der Waals surface area contributed by atoms with Gasteiger partial charge in [0.05, 0.1) is 16.8 Å². The van der Waals surface area contributed by atoms with Crippen LogP contribution in [0.5, 0.6) is 5.75 Å². The molecule has 1 aromatic heterocycles. The number of aromatic nitrogens is 1. The van der Waals surface area contributed by atoms with E-state index in [1.54, 1.807) is 13.8 Å². The third-order valence-corrected chi connectivity index (χ3v) is 3.00. The van der Waals surface area contributed by atoms with Crippen LogP contribution in [-0.2, 0) is 12.8 Å². The van der Waals surface area contributed by atoms with E-state index in [4.69, 9.17) is 9.26 Å². The van der Waals surface area contributed by atoms with Crippen LogP contribution in [0, 0.1) is 13.8 Å². The average molecular weight is 299 g/mol. The minimum absolute atomic E-state index is 0.0630. The fraction of sp³-hybridized carbons (Fsp3) is 0.286. The zero-order valence-corrected chi connectivity index (χ0v) is 11.3. The number of halogens is 3. The van der Waals surface area contributed by atoms with Gasteiger partial charge in [-0.15, -0.1) is 0 Å². The summed E-state index contributed by atoms with van der Waals surface area (Å²) in [4.78, 5) is 10.6. The smallest absolute Gasteiger partial charge is 0.419 e. The SMILES string of the molecule is Cc1noc(C)c1COc1ccc(C=O)cc1C(F)(F)F. The number of nitrogens with zero attached hydrogens (tertiary/aromatic N) is 1. The summed E-state index contributed by atoms with van der Waals surface area (Å²) in [5, 5.41) is 3.70. The van der Waals surface area contributed by atoms with Crippen molar-refractivity contribution in [3.8, 4) is 5.75 Å². The summed E-state index contributed by atoms with van der Waals surface area (Å²) in [7, 11) is 0. The van der Waals surface area contributed by atoms with E-state index in [9.17, 15) is 18.0 Å². The molecule has 7 heteroatoms. The van der Waals surface area contributed by atoms with Crippen molar-refractivity contribution in [2.45, 2.75) is 26.6 Å². The number of carbonyl (C=O) groups is 1. The van der Waals surface area contributed by atoms with Crippen molar-refractivity contribution in [1.82, 2.24) is 5.16 Å². The molecule has 21 heavy (non-hydrogen) atoms. The van der Waals surface area contributed by atoms with Crippen LogP contribution in [0.1, 0.15) is 32.9 Å². The number of hydrogen-bond donors (Lipinski definition) is 0. The van der Waals surface area contributed by atoms with E-state index in [2.05, 4.69) is 5.16 Å². The molecule has 0 bridgehead atoms. The molecule has 0 aliphatic heterocycles. The maximum atomic E-state index is 13.0. The highest BCUT2D eigenvalue weighted by molar-refractivity contribution is 5.75. The molecule has 0 aliphatic carbocycles. The second-order valence-electron chi connectivity index (χ2n) is 4.46. The van der Waals surface area contributed by atoms with E-state index in [-0.39, 0.29) is 17.9 Å². The highest BCUT2D eigenvalue weighted by Gasteiger charge is 2.34. The van der Waals surface area contributed by atoms with Crippen LogP contribution in [0.15, 0.2) is 22.7 Å². The van der Waals surface area contributed by atoms with Gasteiger partial charge in [-0.2, -0.15) is 13.2 Å². The van der Waals surface area contributed by atoms with E-state index in [1.165, 1.54) is 6.07 Å². The van der Waals surface area contributed by atoms with Gasteiger partial charge in [-0.25, -0.2) is 0 Å². The van der Waals surface area contributed by atoms with Gasteiger partial charge in [-0.05, 0) is 32.0 Å². The van der Waals surface area contributed by atoms with Crippen LogP contribution < -0.4 is 4.74 Å². The first-order valence-corrected chi connectivity index (χ1v) is 6.04. The van der Waals surface area contributed by atoms with E-state index < -0.39 is 11.7 Å². The second kappa shape index (κ2) is 5.59. The van der Waals surface area contributed by atoms with Crippen molar-refractivity contribution in [3.63, 3.8) is 0 Å².